The predicted octanol–water partition coefficient (Wildman–Crippen LogP) is 3.88. The van der Waals surface area contributed by atoms with Crippen molar-refractivity contribution in [3.8, 4) is 11.1 Å². The second-order valence-corrected chi connectivity index (χ2v) is 8.10. The molecule has 4 rings (SSSR count). The lowest BCUT2D eigenvalue weighted by molar-refractivity contribution is 0.102. The van der Waals surface area contributed by atoms with E-state index >= 15 is 0 Å². The third-order valence-electron chi connectivity index (χ3n) is 4.52. The molecule has 7 heteroatoms. The molecule has 0 spiro atoms. The van der Waals surface area contributed by atoms with Crippen LogP contribution in [-0.2, 0) is 10.0 Å². The van der Waals surface area contributed by atoms with Gasteiger partial charge < -0.3 is 5.32 Å². The largest absolute Gasteiger partial charge is 0.322 e. The van der Waals surface area contributed by atoms with Crippen molar-refractivity contribution in [3.63, 3.8) is 0 Å². The molecule has 0 saturated carbocycles. The number of carbonyl (C=O) groups excluding carboxylic acids is 1. The second-order valence-electron chi connectivity index (χ2n) is 6.16. The topological polar surface area (TPSA) is 66.5 Å². The highest BCUT2D eigenvalue weighted by molar-refractivity contribution is 7.93. The molecular formula is C20H15FN2O3S. The molecule has 3 aromatic carbocycles. The van der Waals surface area contributed by atoms with E-state index < -0.39 is 10.0 Å². The van der Waals surface area contributed by atoms with E-state index in [0.717, 1.165) is 0 Å². The average molecular weight is 382 g/mol. The Labute approximate surface area is 156 Å². The minimum absolute atomic E-state index is 0.205. The zero-order chi connectivity index (χ0) is 19.2. The fourth-order valence-corrected chi connectivity index (χ4v) is 4.51. The van der Waals surface area contributed by atoms with E-state index in [9.17, 15) is 17.6 Å². The van der Waals surface area contributed by atoms with E-state index in [-0.39, 0.29) is 16.6 Å². The highest BCUT2D eigenvalue weighted by Crippen LogP contribution is 2.42. The van der Waals surface area contributed by atoms with Crippen molar-refractivity contribution in [2.75, 3.05) is 16.7 Å². The number of rotatable bonds is 2. The van der Waals surface area contributed by atoms with Crippen LogP contribution >= 0.6 is 0 Å². The minimum Gasteiger partial charge on any atom is -0.322 e. The van der Waals surface area contributed by atoms with Crippen molar-refractivity contribution < 1.29 is 17.6 Å². The SMILES string of the molecule is CN1c2ccc(C(=O)Nc3ccc(F)cc3)cc2-c2ccccc2S1(=O)=O. The number of sulfonamides is 1. The van der Waals surface area contributed by atoms with Crippen LogP contribution in [0.2, 0.25) is 0 Å². The number of halogens is 1. The molecule has 1 aliphatic heterocycles. The van der Waals surface area contributed by atoms with E-state index in [4.69, 9.17) is 0 Å². The van der Waals surface area contributed by atoms with Gasteiger partial charge in [0.1, 0.15) is 5.82 Å². The van der Waals surface area contributed by atoms with Gasteiger partial charge in [-0.3, -0.25) is 9.10 Å². The Bertz CT molecular complexity index is 1160. The van der Waals surface area contributed by atoms with Crippen LogP contribution < -0.4 is 9.62 Å². The number of fused-ring (bicyclic) bond motifs is 3. The summed E-state index contributed by atoms with van der Waals surface area (Å²) in [4.78, 5) is 12.8. The monoisotopic (exact) mass is 382 g/mol. The number of hydrogen-bond acceptors (Lipinski definition) is 3. The summed E-state index contributed by atoms with van der Waals surface area (Å²) in [6.07, 6.45) is 0. The molecule has 1 amide bonds. The molecule has 1 N–H and O–H groups in total. The molecule has 0 bridgehead atoms. The van der Waals surface area contributed by atoms with Crippen LogP contribution in [0.3, 0.4) is 0 Å². The Kier molecular flexibility index (Phi) is 3.96. The minimum atomic E-state index is -3.62. The Balaban J connectivity index is 1.76. The number of amides is 1. The number of benzene rings is 3. The van der Waals surface area contributed by atoms with Crippen molar-refractivity contribution in [1.29, 1.82) is 0 Å². The van der Waals surface area contributed by atoms with Crippen molar-refractivity contribution in [2.45, 2.75) is 4.90 Å². The molecule has 1 heterocycles. The van der Waals surface area contributed by atoms with E-state index in [0.29, 0.717) is 28.1 Å². The van der Waals surface area contributed by atoms with Crippen LogP contribution in [0.4, 0.5) is 15.8 Å². The molecule has 5 nitrogen and oxygen atoms in total. The van der Waals surface area contributed by atoms with Crippen LogP contribution in [0.1, 0.15) is 10.4 Å². The first-order valence-electron chi connectivity index (χ1n) is 8.17. The van der Waals surface area contributed by atoms with Gasteiger partial charge in [-0.05, 0) is 48.5 Å². The molecule has 136 valence electrons. The Morgan fingerprint density at radius 2 is 1.67 bits per heavy atom. The van der Waals surface area contributed by atoms with Crippen molar-refractivity contribution in [2.24, 2.45) is 0 Å². The highest BCUT2D eigenvalue weighted by Gasteiger charge is 2.32. The standard InChI is InChI=1S/C20H15FN2O3S/c1-23-18-11-6-13(20(24)22-15-9-7-14(21)8-10-15)12-17(18)16-4-2-3-5-19(16)27(23,25)26/h2-12H,1H3,(H,22,24). The second kappa shape index (κ2) is 6.21. The zero-order valence-electron chi connectivity index (χ0n) is 14.3. The van der Waals surface area contributed by atoms with Gasteiger partial charge in [0.2, 0.25) is 0 Å². The first-order valence-corrected chi connectivity index (χ1v) is 9.61. The van der Waals surface area contributed by atoms with Gasteiger partial charge in [-0.2, -0.15) is 0 Å². The summed E-state index contributed by atoms with van der Waals surface area (Å²) in [7, 11) is -2.13. The summed E-state index contributed by atoms with van der Waals surface area (Å²) in [5.41, 5.74) is 2.57. The molecule has 27 heavy (non-hydrogen) atoms. The quantitative estimate of drug-likeness (QED) is 0.731. The third-order valence-corrected chi connectivity index (χ3v) is 6.35. The number of nitrogens with zero attached hydrogens (tertiary/aromatic N) is 1. The van der Waals surface area contributed by atoms with Crippen LogP contribution in [0, 0.1) is 5.82 Å². The summed E-state index contributed by atoms with van der Waals surface area (Å²) in [5, 5.41) is 2.71. The van der Waals surface area contributed by atoms with Crippen LogP contribution in [0.5, 0.6) is 0 Å². The van der Waals surface area contributed by atoms with E-state index in [1.807, 2.05) is 0 Å². The molecule has 0 radical (unpaired) electrons. The lowest BCUT2D eigenvalue weighted by Crippen LogP contribution is -2.30. The van der Waals surface area contributed by atoms with Crippen molar-refractivity contribution in [3.05, 3.63) is 78.1 Å². The number of nitrogens with one attached hydrogen (secondary N) is 1. The predicted molar refractivity (Wildman–Crippen MR) is 102 cm³/mol. The van der Waals surface area contributed by atoms with Gasteiger partial charge in [-0.25, -0.2) is 12.8 Å². The first kappa shape index (κ1) is 17.2. The summed E-state index contributed by atoms with van der Waals surface area (Å²) in [6.45, 7) is 0. The molecule has 0 aromatic heterocycles. The average Bonchev–Trinajstić information content (AvgIpc) is 2.68. The Morgan fingerprint density at radius 3 is 2.41 bits per heavy atom. The molecule has 0 fully saturated rings. The summed E-state index contributed by atoms with van der Waals surface area (Å²) < 4.78 is 39.6. The maximum Gasteiger partial charge on any atom is 0.264 e. The van der Waals surface area contributed by atoms with Gasteiger partial charge in [-0.1, -0.05) is 18.2 Å². The smallest absolute Gasteiger partial charge is 0.264 e. The molecule has 0 unspecified atom stereocenters. The lowest BCUT2D eigenvalue weighted by atomic mass is 10.00. The van der Waals surface area contributed by atoms with Gasteiger partial charge >= 0.3 is 0 Å². The summed E-state index contributed by atoms with van der Waals surface area (Å²) in [5.74, 6) is -0.749. The number of hydrogen-bond donors (Lipinski definition) is 1. The van der Waals surface area contributed by atoms with Crippen LogP contribution in [0.15, 0.2) is 71.6 Å². The molecule has 3 aromatic rings. The third kappa shape index (κ3) is 2.86. The number of carbonyl (C=O) groups is 1. The molecule has 0 saturated heterocycles. The van der Waals surface area contributed by atoms with Crippen molar-refractivity contribution in [1.82, 2.24) is 0 Å². The van der Waals surface area contributed by atoms with Gasteiger partial charge in [0, 0.05) is 29.4 Å². The number of anilines is 2. The normalized spacial score (nSPS) is 14.2. The summed E-state index contributed by atoms with van der Waals surface area (Å²) >= 11 is 0. The highest BCUT2D eigenvalue weighted by atomic mass is 32.2. The molecule has 0 atom stereocenters. The van der Waals surface area contributed by atoms with E-state index in [2.05, 4.69) is 5.32 Å². The van der Waals surface area contributed by atoms with Gasteiger partial charge in [0.25, 0.3) is 15.9 Å². The van der Waals surface area contributed by atoms with E-state index in [1.165, 1.54) is 35.6 Å². The zero-order valence-corrected chi connectivity index (χ0v) is 15.1. The first-order chi connectivity index (χ1) is 12.9. The maximum absolute atomic E-state index is 13.0. The maximum atomic E-state index is 13.0. The molecule has 0 aliphatic carbocycles. The molecule has 1 aliphatic rings. The van der Waals surface area contributed by atoms with Gasteiger partial charge in [0.05, 0.1) is 10.6 Å². The Morgan fingerprint density at radius 1 is 0.963 bits per heavy atom. The fourth-order valence-electron chi connectivity index (χ4n) is 3.10. The van der Waals surface area contributed by atoms with Gasteiger partial charge in [0.15, 0.2) is 0 Å². The Hall–Kier alpha value is -3.19. The van der Waals surface area contributed by atoms with E-state index in [1.54, 1.807) is 42.5 Å². The molecular weight excluding hydrogens is 367 g/mol. The fraction of sp³-hybridized carbons (Fsp3) is 0.0500. The van der Waals surface area contributed by atoms with Gasteiger partial charge in [-0.15, -0.1) is 0 Å². The lowest BCUT2D eigenvalue weighted by Gasteiger charge is -2.29. The van der Waals surface area contributed by atoms with Crippen molar-refractivity contribution >= 4 is 27.3 Å². The van der Waals surface area contributed by atoms with Crippen LogP contribution in [0.25, 0.3) is 11.1 Å². The summed E-state index contributed by atoms with van der Waals surface area (Å²) in [6, 6.07) is 17.0. The van der Waals surface area contributed by atoms with Crippen LogP contribution in [-0.4, -0.2) is 21.4 Å².